The summed E-state index contributed by atoms with van der Waals surface area (Å²) < 4.78 is 6.21. The number of ether oxygens (including phenoxy) is 1. The van der Waals surface area contributed by atoms with Gasteiger partial charge in [-0.3, -0.25) is 0 Å². The average Bonchev–Trinajstić information content (AvgIpc) is 2.28. The molecule has 0 aliphatic heterocycles. The molecule has 0 saturated carbocycles. The van der Waals surface area contributed by atoms with Crippen molar-refractivity contribution in [3.63, 3.8) is 0 Å². The zero-order valence-corrected chi connectivity index (χ0v) is 13.0. The van der Waals surface area contributed by atoms with Gasteiger partial charge in [0.1, 0.15) is 0 Å². The Kier molecular flexibility index (Phi) is 7.19. The van der Waals surface area contributed by atoms with Crippen molar-refractivity contribution < 1.29 is 4.74 Å². The summed E-state index contributed by atoms with van der Waals surface area (Å²) in [5.74, 6) is 0.988. The maximum Gasteiger partial charge on any atom is 0.0556 e. The highest BCUT2D eigenvalue weighted by Gasteiger charge is 2.04. The molecule has 0 spiro atoms. The van der Waals surface area contributed by atoms with E-state index in [1.807, 2.05) is 11.8 Å². The molecule has 0 atom stereocenters. The van der Waals surface area contributed by atoms with E-state index in [2.05, 4.69) is 53.3 Å². The van der Waals surface area contributed by atoms with E-state index < -0.39 is 0 Å². The lowest BCUT2D eigenvalue weighted by Crippen LogP contribution is -2.22. The number of hydrogen-bond acceptors (Lipinski definition) is 3. The van der Waals surface area contributed by atoms with Gasteiger partial charge in [0.15, 0.2) is 0 Å². The third-order valence-corrected chi connectivity index (χ3v) is 3.83. The summed E-state index contributed by atoms with van der Waals surface area (Å²) >= 11 is 5.36. The van der Waals surface area contributed by atoms with Crippen molar-refractivity contribution in [3.05, 3.63) is 28.2 Å². The minimum atomic E-state index is 0.510. The molecule has 0 bridgehead atoms. The van der Waals surface area contributed by atoms with Crippen LogP contribution < -0.4 is 5.32 Å². The van der Waals surface area contributed by atoms with Crippen LogP contribution >= 0.6 is 27.7 Å². The van der Waals surface area contributed by atoms with Crippen LogP contribution in [0.1, 0.15) is 19.4 Å². The van der Waals surface area contributed by atoms with Crippen LogP contribution in [0, 0.1) is 0 Å². The lowest BCUT2D eigenvalue weighted by Gasteiger charge is -2.12. The van der Waals surface area contributed by atoms with Crippen molar-refractivity contribution in [1.82, 2.24) is 5.32 Å². The number of benzene rings is 1. The molecule has 0 unspecified atom stereocenters. The molecular formula is C13H20BrNOS. The summed E-state index contributed by atoms with van der Waals surface area (Å²) in [7, 11) is 1.74. The van der Waals surface area contributed by atoms with Crippen LogP contribution in [0.25, 0.3) is 0 Å². The van der Waals surface area contributed by atoms with Crippen molar-refractivity contribution >= 4 is 27.7 Å². The first-order valence-electron chi connectivity index (χ1n) is 5.77. The second kappa shape index (κ2) is 8.14. The Morgan fingerprint density at radius 1 is 1.41 bits per heavy atom. The van der Waals surface area contributed by atoms with Crippen LogP contribution in [0.3, 0.4) is 0 Å². The molecule has 1 rings (SSSR count). The molecule has 0 amide bonds. The highest BCUT2D eigenvalue weighted by Crippen LogP contribution is 2.26. The Morgan fingerprint density at radius 2 is 2.18 bits per heavy atom. The summed E-state index contributed by atoms with van der Waals surface area (Å²) in [6, 6.07) is 6.96. The molecule has 2 nitrogen and oxygen atoms in total. The van der Waals surface area contributed by atoms with Gasteiger partial charge in [0.25, 0.3) is 0 Å². The molecule has 17 heavy (non-hydrogen) atoms. The normalized spacial score (nSPS) is 11.1. The fourth-order valence-corrected chi connectivity index (χ4v) is 2.88. The summed E-state index contributed by atoms with van der Waals surface area (Å²) in [6.45, 7) is 6.03. The number of hydrogen-bond donors (Lipinski definition) is 1. The van der Waals surface area contributed by atoms with Crippen molar-refractivity contribution in [2.24, 2.45) is 0 Å². The Balaban J connectivity index is 2.66. The zero-order valence-electron chi connectivity index (χ0n) is 10.6. The summed E-state index contributed by atoms with van der Waals surface area (Å²) in [4.78, 5) is 1.32. The fourth-order valence-electron chi connectivity index (χ4n) is 1.36. The molecule has 0 aliphatic rings. The van der Waals surface area contributed by atoms with Crippen LogP contribution in [0.5, 0.6) is 0 Å². The molecule has 96 valence electrons. The quantitative estimate of drug-likeness (QED) is 0.612. The Morgan fingerprint density at radius 3 is 2.82 bits per heavy atom. The van der Waals surface area contributed by atoms with E-state index in [1.54, 1.807) is 7.11 Å². The average molecular weight is 318 g/mol. The van der Waals surface area contributed by atoms with Crippen LogP contribution in [0.2, 0.25) is 0 Å². The van der Waals surface area contributed by atoms with E-state index in [0.717, 1.165) is 23.4 Å². The van der Waals surface area contributed by atoms with Gasteiger partial charge in [0.2, 0.25) is 0 Å². The summed E-state index contributed by atoms with van der Waals surface area (Å²) in [5, 5.41) is 3.45. The van der Waals surface area contributed by atoms with Gasteiger partial charge >= 0.3 is 0 Å². The smallest absolute Gasteiger partial charge is 0.0556 e. The Hall–Kier alpha value is -0.0300. The second-order valence-electron chi connectivity index (χ2n) is 4.13. The molecule has 1 N–H and O–H groups in total. The van der Waals surface area contributed by atoms with E-state index >= 15 is 0 Å². The number of halogens is 1. The van der Waals surface area contributed by atoms with Gasteiger partial charge in [0.05, 0.1) is 6.61 Å². The lowest BCUT2D eigenvalue weighted by molar-refractivity contribution is 0.218. The van der Waals surface area contributed by atoms with Gasteiger partial charge in [-0.25, -0.2) is 0 Å². The van der Waals surface area contributed by atoms with E-state index in [1.165, 1.54) is 10.5 Å². The molecule has 0 saturated heterocycles. The molecule has 4 heteroatoms. The van der Waals surface area contributed by atoms with Crippen LogP contribution in [0.15, 0.2) is 27.6 Å². The molecule has 1 aromatic rings. The van der Waals surface area contributed by atoms with Crippen LogP contribution in [-0.4, -0.2) is 25.5 Å². The third kappa shape index (κ3) is 5.91. The van der Waals surface area contributed by atoms with Crippen molar-refractivity contribution in [2.45, 2.75) is 31.3 Å². The van der Waals surface area contributed by atoms with Crippen molar-refractivity contribution in [2.75, 3.05) is 19.5 Å². The molecule has 0 fully saturated rings. The number of thioether (sulfide) groups is 1. The molecule has 1 aromatic carbocycles. The molecule has 0 heterocycles. The first-order chi connectivity index (χ1) is 8.13. The van der Waals surface area contributed by atoms with Gasteiger partial charge < -0.3 is 10.1 Å². The standard InChI is InChI=1S/C13H20BrNOS/c1-10(2)15-9-11-4-5-12(14)8-13(11)17-7-6-16-3/h4-5,8,10,15H,6-7,9H2,1-3H3. The summed E-state index contributed by atoms with van der Waals surface area (Å²) in [5.41, 5.74) is 1.35. The van der Waals surface area contributed by atoms with E-state index in [-0.39, 0.29) is 0 Å². The van der Waals surface area contributed by atoms with Gasteiger partial charge in [-0.15, -0.1) is 11.8 Å². The Labute approximate surface area is 117 Å². The zero-order chi connectivity index (χ0) is 12.7. The number of nitrogens with one attached hydrogen (secondary N) is 1. The van der Waals surface area contributed by atoms with Gasteiger partial charge in [-0.2, -0.15) is 0 Å². The number of methoxy groups -OCH3 is 1. The minimum Gasteiger partial charge on any atom is -0.384 e. The third-order valence-electron chi connectivity index (χ3n) is 2.27. The minimum absolute atomic E-state index is 0.510. The van der Waals surface area contributed by atoms with E-state index in [9.17, 15) is 0 Å². The highest BCUT2D eigenvalue weighted by molar-refractivity contribution is 9.10. The van der Waals surface area contributed by atoms with Crippen LogP contribution in [-0.2, 0) is 11.3 Å². The Bertz CT molecular complexity index is 344. The first-order valence-corrected chi connectivity index (χ1v) is 7.55. The topological polar surface area (TPSA) is 21.3 Å². The molecule has 0 radical (unpaired) electrons. The number of rotatable bonds is 7. The first kappa shape index (κ1) is 15.0. The SMILES string of the molecule is COCCSc1cc(Br)ccc1CNC(C)C. The lowest BCUT2D eigenvalue weighted by atomic mass is 10.2. The monoisotopic (exact) mass is 317 g/mol. The maximum absolute atomic E-state index is 5.08. The molecule has 0 aromatic heterocycles. The van der Waals surface area contributed by atoms with Crippen LogP contribution in [0.4, 0.5) is 0 Å². The fraction of sp³-hybridized carbons (Fsp3) is 0.538. The van der Waals surface area contributed by atoms with Gasteiger partial charge in [-0.1, -0.05) is 35.8 Å². The van der Waals surface area contributed by atoms with Gasteiger partial charge in [0, 0.05) is 34.8 Å². The summed E-state index contributed by atoms with van der Waals surface area (Å²) in [6.07, 6.45) is 0. The van der Waals surface area contributed by atoms with E-state index in [4.69, 9.17) is 4.74 Å². The molecule has 0 aliphatic carbocycles. The second-order valence-corrected chi connectivity index (χ2v) is 6.18. The van der Waals surface area contributed by atoms with Crippen molar-refractivity contribution in [3.8, 4) is 0 Å². The van der Waals surface area contributed by atoms with Gasteiger partial charge in [-0.05, 0) is 17.7 Å². The molecular weight excluding hydrogens is 298 g/mol. The van der Waals surface area contributed by atoms with Crippen molar-refractivity contribution in [1.29, 1.82) is 0 Å². The highest BCUT2D eigenvalue weighted by atomic mass is 79.9. The van der Waals surface area contributed by atoms with E-state index in [0.29, 0.717) is 6.04 Å². The predicted molar refractivity (Wildman–Crippen MR) is 78.7 cm³/mol. The predicted octanol–water partition coefficient (Wildman–Crippen LogP) is 3.69. The maximum atomic E-state index is 5.08. The largest absolute Gasteiger partial charge is 0.384 e.